The minimum Gasteiger partial charge on any atom is -0.477 e. The lowest BCUT2D eigenvalue weighted by atomic mass is 10.0. The average molecular weight is 432 g/mol. The largest absolute Gasteiger partial charge is 0.477 e. The lowest BCUT2D eigenvalue weighted by Gasteiger charge is -2.19. The van der Waals surface area contributed by atoms with Crippen molar-refractivity contribution in [2.75, 3.05) is 0 Å². The molecule has 3 aromatic rings. The molecule has 0 bridgehead atoms. The van der Waals surface area contributed by atoms with E-state index in [-0.39, 0.29) is 23.1 Å². The molecular formula is C21H15F3N2O3S. The number of aromatic nitrogens is 2. The Morgan fingerprint density at radius 2 is 2.00 bits per heavy atom. The Morgan fingerprint density at radius 1 is 1.23 bits per heavy atom. The molecule has 1 aliphatic rings. The second kappa shape index (κ2) is 7.32. The molecule has 0 fully saturated rings. The van der Waals surface area contributed by atoms with Crippen LogP contribution >= 0.6 is 11.8 Å². The number of alkyl halides is 3. The third-order valence-corrected chi connectivity index (χ3v) is 6.20. The van der Waals surface area contributed by atoms with Crippen LogP contribution in [0.4, 0.5) is 13.2 Å². The molecule has 0 amide bonds. The number of aryl methyl sites for hydroxylation is 1. The standard InChI is InChI=1S/C21H15F3N2O3S/c1-11-8-16(27)19(20(28)29)15-10-18(13-4-2-3-7-25-13)30-17-6-5-12(21(22,23)24)9-14(17)26(11)15/h2-9,18H,10H2,1H3,(H,28,29)/t18-/m1/s1. The topological polar surface area (TPSA) is 72.2 Å². The number of fused-ring (bicyclic) bond motifs is 3. The number of nitrogens with zero attached hydrogens (tertiary/aromatic N) is 2. The van der Waals surface area contributed by atoms with Crippen LogP contribution in [-0.2, 0) is 12.6 Å². The first-order valence-electron chi connectivity index (χ1n) is 8.95. The molecule has 154 valence electrons. The highest BCUT2D eigenvalue weighted by atomic mass is 32.2. The predicted molar refractivity (Wildman–Crippen MR) is 105 cm³/mol. The monoisotopic (exact) mass is 432 g/mol. The van der Waals surface area contributed by atoms with Gasteiger partial charge < -0.3 is 9.67 Å². The Kier molecular flexibility index (Phi) is 4.93. The fourth-order valence-electron chi connectivity index (χ4n) is 3.62. The van der Waals surface area contributed by atoms with E-state index in [0.717, 1.165) is 18.2 Å². The lowest BCUT2D eigenvalue weighted by Crippen LogP contribution is -2.24. The van der Waals surface area contributed by atoms with Gasteiger partial charge in [-0.25, -0.2) is 4.79 Å². The first-order chi connectivity index (χ1) is 14.2. The number of halogens is 3. The molecule has 2 aromatic heterocycles. The van der Waals surface area contributed by atoms with Gasteiger partial charge in [0.2, 0.25) is 0 Å². The summed E-state index contributed by atoms with van der Waals surface area (Å²) in [5, 5.41) is 9.30. The number of carboxylic acids is 1. The summed E-state index contributed by atoms with van der Waals surface area (Å²) in [5.74, 6) is -1.41. The van der Waals surface area contributed by atoms with Gasteiger partial charge >= 0.3 is 12.1 Å². The summed E-state index contributed by atoms with van der Waals surface area (Å²) >= 11 is 1.30. The van der Waals surface area contributed by atoms with Crippen molar-refractivity contribution >= 4 is 17.7 Å². The van der Waals surface area contributed by atoms with Crippen LogP contribution in [0.5, 0.6) is 0 Å². The van der Waals surface area contributed by atoms with Crippen LogP contribution in [-0.4, -0.2) is 20.6 Å². The van der Waals surface area contributed by atoms with Crippen LogP contribution in [0.1, 0.15) is 38.3 Å². The molecule has 0 saturated carbocycles. The van der Waals surface area contributed by atoms with Crippen LogP contribution in [0.2, 0.25) is 0 Å². The second-order valence-corrected chi connectivity index (χ2v) is 8.10. The highest BCUT2D eigenvalue weighted by Crippen LogP contribution is 2.45. The third kappa shape index (κ3) is 3.49. The number of hydrogen-bond donors (Lipinski definition) is 1. The van der Waals surface area contributed by atoms with Gasteiger partial charge in [0.25, 0.3) is 0 Å². The predicted octanol–water partition coefficient (Wildman–Crippen LogP) is 4.65. The van der Waals surface area contributed by atoms with Gasteiger partial charge in [0.05, 0.1) is 22.2 Å². The Labute approximate surface area is 173 Å². The van der Waals surface area contributed by atoms with Crippen molar-refractivity contribution in [2.45, 2.75) is 29.7 Å². The van der Waals surface area contributed by atoms with E-state index in [1.165, 1.54) is 22.4 Å². The van der Waals surface area contributed by atoms with Crippen molar-refractivity contribution in [1.82, 2.24) is 9.55 Å². The molecule has 0 radical (unpaired) electrons. The van der Waals surface area contributed by atoms with Crippen molar-refractivity contribution in [2.24, 2.45) is 0 Å². The maximum Gasteiger partial charge on any atom is 0.416 e. The molecule has 0 saturated heterocycles. The van der Waals surface area contributed by atoms with Crippen molar-refractivity contribution in [3.05, 3.63) is 87.1 Å². The zero-order valence-corrected chi connectivity index (χ0v) is 16.4. The van der Waals surface area contributed by atoms with E-state index in [2.05, 4.69) is 4.98 Å². The first kappa shape index (κ1) is 20.2. The number of benzene rings is 1. The molecular weight excluding hydrogens is 417 g/mol. The number of hydrogen-bond acceptors (Lipinski definition) is 4. The number of thioether (sulfide) groups is 1. The summed E-state index contributed by atoms with van der Waals surface area (Å²) in [6.45, 7) is 1.58. The van der Waals surface area contributed by atoms with Gasteiger partial charge in [0.1, 0.15) is 5.56 Å². The maximum absolute atomic E-state index is 13.4. The van der Waals surface area contributed by atoms with Gasteiger partial charge in [-0.2, -0.15) is 13.2 Å². The molecule has 4 rings (SSSR count). The van der Waals surface area contributed by atoms with E-state index < -0.39 is 28.7 Å². The fraction of sp³-hybridized carbons (Fsp3) is 0.190. The lowest BCUT2D eigenvalue weighted by molar-refractivity contribution is -0.137. The summed E-state index contributed by atoms with van der Waals surface area (Å²) in [4.78, 5) is 29.2. The van der Waals surface area contributed by atoms with Crippen molar-refractivity contribution in [3.63, 3.8) is 0 Å². The summed E-state index contributed by atoms with van der Waals surface area (Å²) in [6.07, 6.45) is -2.85. The maximum atomic E-state index is 13.4. The zero-order valence-electron chi connectivity index (χ0n) is 15.6. The van der Waals surface area contributed by atoms with E-state index in [9.17, 15) is 27.9 Å². The summed E-state index contributed by atoms with van der Waals surface area (Å²) in [7, 11) is 0. The van der Waals surface area contributed by atoms with Crippen molar-refractivity contribution in [1.29, 1.82) is 0 Å². The smallest absolute Gasteiger partial charge is 0.416 e. The van der Waals surface area contributed by atoms with Crippen LogP contribution < -0.4 is 5.43 Å². The zero-order chi connectivity index (χ0) is 21.6. The highest BCUT2D eigenvalue weighted by molar-refractivity contribution is 7.99. The molecule has 1 aliphatic heterocycles. The van der Waals surface area contributed by atoms with Gasteiger partial charge in [-0.3, -0.25) is 9.78 Å². The van der Waals surface area contributed by atoms with E-state index in [0.29, 0.717) is 16.3 Å². The van der Waals surface area contributed by atoms with E-state index in [1.54, 1.807) is 31.3 Å². The van der Waals surface area contributed by atoms with Gasteiger partial charge in [-0.1, -0.05) is 6.07 Å². The molecule has 5 nitrogen and oxygen atoms in total. The molecule has 1 aromatic carbocycles. The SMILES string of the molecule is Cc1cc(=O)c(C(=O)O)c2n1-c1cc(C(F)(F)F)ccc1S[C@@H](c1ccccn1)C2. The molecule has 30 heavy (non-hydrogen) atoms. The van der Waals surface area contributed by atoms with Gasteiger partial charge in [0.15, 0.2) is 5.43 Å². The van der Waals surface area contributed by atoms with E-state index >= 15 is 0 Å². The number of pyridine rings is 2. The number of aromatic carboxylic acids is 1. The quantitative estimate of drug-likeness (QED) is 0.638. The van der Waals surface area contributed by atoms with Crippen LogP contribution in [0.25, 0.3) is 5.69 Å². The first-order valence-corrected chi connectivity index (χ1v) is 9.83. The normalized spacial score (nSPS) is 15.8. The molecule has 9 heteroatoms. The van der Waals surface area contributed by atoms with Crippen molar-refractivity contribution in [3.8, 4) is 5.69 Å². The van der Waals surface area contributed by atoms with E-state index in [1.807, 2.05) is 0 Å². The van der Waals surface area contributed by atoms with Gasteiger partial charge in [-0.15, -0.1) is 11.8 Å². The minimum absolute atomic E-state index is 0.121. The number of carboxylic acid groups (broad SMARTS) is 1. The van der Waals surface area contributed by atoms with Crippen LogP contribution in [0.15, 0.2) is 58.4 Å². The van der Waals surface area contributed by atoms with Gasteiger partial charge in [-0.05, 0) is 37.3 Å². The Hall–Kier alpha value is -3.07. The molecule has 0 spiro atoms. The third-order valence-electron chi connectivity index (χ3n) is 4.90. The second-order valence-electron chi connectivity index (χ2n) is 6.86. The van der Waals surface area contributed by atoms with E-state index in [4.69, 9.17) is 0 Å². The summed E-state index contributed by atoms with van der Waals surface area (Å²) in [5.41, 5.74) is -0.593. The fourth-order valence-corrected chi connectivity index (χ4v) is 4.85. The Balaban J connectivity index is 2.05. The highest BCUT2D eigenvalue weighted by Gasteiger charge is 2.34. The number of rotatable bonds is 2. The average Bonchev–Trinajstić information content (AvgIpc) is 2.84. The summed E-state index contributed by atoms with van der Waals surface area (Å²) < 4.78 is 41.6. The van der Waals surface area contributed by atoms with Crippen LogP contribution in [0.3, 0.4) is 0 Å². The molecule has 0 aliphatic carbocycles. The van der Waals surface area contributed by atoms with Crippen LogP contribution in [0, 0.1) is 6.92 Å². The summed E-state index contributed by atoms with van der Waals surface area (Å²) in [6, 6.07) is 9.81. The minimum atomic E-state index is -4.56. The molecule has 0 unspecified atom stereocenters. The Morgan fingerprint density at radius 3 is 2.63 bits per heavy atom. The Bertz CT molecular complexity index is 1210. The number of carbonyl (C=O) groups is 1. The molecule has 1 N–H and O–H groups in total. The van der Waals surface area contributed by atoms with Crippen molar-refractivity contribution < 1.29 is 23.1 Å². The van der Waals surface area contributed by atoms with Gasteiger partial charge in [0, 0.05) is 35.0 Å². The molecule has 3 heterocycles. The molecule has 1 atom stereocenters.